The lowest BCUT2D eigenvalue weighted by Gasteiger charge is -2.40. The van der Waals surface area contributed by atoms with Crippen LogP contribution in [0.4, 0.5) is 4.39 Å². The number of Topliss-reactive ketones (excluding diaryl/α,β-unsaturated/α-hetero) is 1. The molecule has 29 heavy (non-hydrogen) atoms. The third-order valence-corrected chi connectivity index (χ3v) is 6.09. The predicted molar refractivity (Wildman–Crippen MR) is 101 cm³/mol. The molecule has 1 aromatic rings. The van der Waals surface area contributed by atoms with Crippen LogP contribution in [0.2, 0.25) is 5.02 Å². The molecule has 2 fully saturated rings. The lowest BCUT2D eigenvalue weighted by atomic mass is 9.83. The molecule has 4 rings (SSSR count). The van der Waals surface area contributed by atoms with Gasteiger partial charge in [0.15, 0.2) is 0 Å². The normalized spacial score (nSPS) is 23.8. The molecule has 3 aliphatic rings. The second-order valence-electron chi connectivity index (χ2n) is 7.97. The number of halogens is 2. The van der Waals surface area contributed by atoms with E-state index in [1.807, 2.05) is 0 Å². The number of likely N-dealkylation sites (N-methyl/N-ethyl adjacent to an activating group) is 1. The van der Waals surface area contributed by atoms with Crippen LogP contribution in [0.25, 0.3) is 0 Å². The highest BCUT2D eigenvalue weighted by molar-refractivity contribution is 6.43. The monoisotopic (exact) mass is 419 g/mol. The van der Waals surface area contributed by atoms with Gasteiger partial charge in [0.2, 0.25) is 11.7 Å². The summed E-state index contributed by atoms with van der Waals surface area (Å²) in [6, 6.07) is 4.16. The van der Waals surface area contributed by atoms with Gasteiger partial charge >= 0.3 is 0 Å². The summed E-state index contributed by atoms with van der Waals surface area (Å²) in [5.41, 5.74) is -0.0689. The van der Waals surface area contributed by atoms with Gasteiger partial charge in [-0.15, -0.1) is 0 Å². The summed E-state index contributed by atoms with van der Waals surface area (Å²) < 4.78 is 13.4. The van der Waals surface area contributed by atoms with E-state index in [-0.39, 0.29) is 17.5 Å². The van der Waals surface area contributed by atoms with Crippen LogP contribution in [0.1, 0.15) is 25.8 Å². The number of carbonyl (C=O) groups excluding carboxylic acids is 4. The number of piperidine rings is 1. The van der Waals surface area contributed by atoms with Crippen molar-refractivity contribution < 1.29 is 23.6 Å². The summed E-state index contributed by atoms with van der Waals surface area (Å²) in [6.07, 6.45) is 0.351. The molecule has 0 radical (unpaired) electrons. The Morgan fingerprint density at radius 3 is 2.55 bits per heavy atom. The van der Waals surface area contributed by atoms with Crippen LogP contribution in [0.15, 0.2) is 29.6 Å². The van der Waals surface area contributed by atoms with Crippen LogP contribution in [-0.4, -0.2) is 57.3 Å². The van der Waals surface area contributed by atoms with E-state index in [2.05, 4.69) is 0 Å². The lowest BCUT2D eigenvalue weighted by Crippen LogP contribution is -2.57. The number of fused-ring (bicyclic) bond motifs is 2. The highest BCUT2D eigenvalue weighted by Gasteiger charge is 2.59. The highest BCUT2D eigenvalue weighted by Crippen LogP contribution is 2.43. The number of hydrogen-bond acceptors (Lipinski definition) is 4. The first-order chi connectivity index (χ1) is 13.6. The van der Waals surface area contributed by atoms with Crippen LogP contribution in [0.5, 0.6) is 0 Å². The van der Waals surface area contributed by atoms with Gasteiger partial charge in [-0.2, -0.15) is 0 Å². The van der Waals surface area contributed by atoms with Crippen LogP contribution >= 0.6 is 11.6 Å². The average Bonchev–Trinajstić information content (AvgIpc) is 2.84. The van der Waals surface area contributed by atoms with Gasteiger partial charge in [-0.05, 0) is 43.5 Å². The first kappa shape index (κ1) is 19.6. The minimum Gasteiger partial charge on any atom is -0.337 e. The van der Waals surface area contributed by atoms with Gasteiger partial charge in [-0.25, -0.2) is 4.39 Å². The first-order valence-electron chi connectivity index (χ1n) is 9.18. The first-order valence-corrected chi connectivity index (χ1v) is 9.55. The van der Waals surface area contributed by atoms with E-state index < -0.39 is 34.9 Å². The fourth-order valence-electron chi connectivity index (χ4n) is 4.33. The Balaban J connectivity index is 1.70. The fourth-order valence-corrected chi connectivity index (χ4v) is 4.53. The van der Waals surface area contributed by atoms with E-state index in [9.17, 15) is 23.6 Å². The Hall–Kier alpha value is -2.74. The van der Waals surface area contributed by atoms with Gasteiger partial charge in [-0.1, -0.05) is 17.7 Å². The molecular formula is C20H19ClFN3O4. The molecule has 0 aliphatic carbocycles. The molecule has 0 bridgehead atoms. The Bertz CT molecular complexity index is 1020. The van der Waals surface area contributed by atoms with Gasteiger partial charge in [0.1, 0.15) is 23.1 Å². The minimum atomic E-state index is -1.23. The van der Waals surface area contributed by atoms with E-state index in [1.165, 1.54) is 32.9 Å². The molecule has 2 saturated heterocycles. The van der Waals surface area contributed by atoms with E-state index >= 15 is 0 Å². The van der Waals surface area contributed by atoms with Crippen molar-refractivity contribution in [2.24, 2.45) is 5.92 Å². The van der Waals surface area contributed by atoms with Crippen molar-refractivity contribution >= 4 is 35.1 Å². The largest absolute Gasteiger partial charge is 0.337 e. The maximum atomic E-state index is 13.4. The summed E-state index contributed by atoms with van der Waals surface area (Å²) in [7, 11) is 1.55. The summed E-state index contributed by atoms with van der Waals surface area (Å²) >= 11 is 5.81. The molecule has 3 amide bonds. The van der Waals surface area contributed by atoms with Gasteiger partial charge in [0.25, 0.3) is 11.8 Å². The standard InChI is InChI=1S/C20H19ClFN3O4/c1-20(2)19(29)23(3)16-11-6-7-24(9-10-4-5-13(22)12(21)8-10)17(27)14(11)15(26)18(28)25(16)20/h4-5,8,14H,6-7,9H2,1-3H3. The second-order valence-corrected chi connectivity index (χ2v) is 8.38. The Morgan fingerprint density at radius 2 is 1.90 bits per heavy atom. The summed E-state index contributed by atoms with van der Waals surface area (Å²) in [5.74, 6) is -3.93. The maximum absolute atomic E-state index is 13.4. The summed E-state index contributed by atoms with van der Waals surface area (Å²) in [5, 5.41) is -0.0531. The number of hydrogen-bond donors (Lipinski definition) is 0. The van der Waals surface area contributed by atoms with Gasteiger partial charge in [0, 0.05) is 20.1 Å². The minimum absolute atomic E-state index is 0.0531. The molecule has 7 nitrogen and oxygen atoms in total. The zero-order chi connectivity index (χ0) is 21.2. The molecule has 152 valence electrons. The quantitative estimate of drug-likeness (QED) is 0.540. The summed E-state index contributed by atoms with van der Waals surface area (Å²) in [4.78, 5) is 55.4. The van der Waals surface area contributed by atoms with Gasteiger partial charge < -0.3 is 4.90 Å². The van der Waals surface area contributed by atoms with Crippen LogP contribution in [0, 0.1) is 11.7 Å². The summed E-state index contributed by atoms with van der Waals surface area (Å²) in [6.45, 7) is 3.62. The van der Waals surface area contributed by atoms with Gasteiger partial charge in [0.05, 0.1) is 5.02 Å². The number of ketones is 1. The number of nitrogens with zero attached hydrogens (tertiary/aromatic N) is 3. The Labute approximate surface area is 171 Å². The van der Waals surface area contributed by atoms with Crippen LogP contribution < -0.4 is 0 Å². The molecule has 3 aliphatic heterocycles. The molecule has 0 spiro atoms. The molecule has 1 aromatic carbocycles. The number of amides is 3. The van der Waals surface area contributed by atoms with Crippen molar-refractivity contribution in [2.45, 2.75) is 32.4 Å². The zero-order valence-corrected chi connectivity index (χ0v) is 16.9. The second kappa shape index (κ2) is 6.38. The lowest BCUT2D eigenvalue weighted by molar-refractivity contribution is -0.154. The van der Waals surface area contributed by atoms with Gasteiger partial charge in [-0.3, -0.25) is 29.0 Å². The third-order valence-electron chi connectivity index (χ3n) is 5.80. The van der Waals surface area contributed by atoms with E-state index in [4.69, 9.17) is 11.6 Å². The van der Waals surface area contributed by atoms with Crippen molar-refractivity contribution in [3.8, 4) is 0 Å². The van der Waals surface area contributed by atoms with E-state index in [1.54, 1.807) is 20.9 Å². The predicted octanol–water partition coefficient (Wildman–Crippen LogP) is 1.70. The van der Waals surface area contributed by atoms with Crippen LogP contribution in [0.3, 0.4) is 0 Å². The SMILES string of the molecule is CN1C(=O)C(C)(C)N2C(=O)C(=O)C3C(=O)N(Cc4ccc(F)c(Cl)c4)CCC3=C12. The average molecular weight is 420 g/mol. The molecule has 3 heterocycles. The molecule has 1 atom stereocenters. The van der Waals surface area contributed by atoms with Crippen molar-refractivity contribution in [3.63, 3.8) is 0 Å². The van der Waals surface area contributed by atoms with Crippen LogP contribution in [-0.2, 0) is 25.7 Å². The molecule has 9 heteroatoms. The van der Waals surface area contributed by atoms with Crippen molar-refractivity contribution in [3.05, 3.63) is 46.0 Å². The topological polar surface area (TPSA) is 78.0 Å². The number of likely N-dealkylation sites (tertiary alicyclic amines) is 1. The van der Waals surface area contributed by atoms with Crippen molar-refractivity contribution in [2.75, 3.05) is 13.6 Å². The molecule has 0 aromatic heterocycles. The Kier molecular flexibility index (Phi) is 4.31. The fraction of sp³-hybridized carbons (Fsp3) is 0.400. The number of benzene rings is 1. The highest BCUT2D eigenvalue weighted by atomic mass is 35.5. The van der Waals surface area contributed by atoms with Crippen molar-refractivity contribution in [1.29, 1.82) is 0 Å². The molecule has 0 saturated carbocycles. The van der Waals surface area contributed by atoms with E-state index in [0.29, 0.717) is 29.9 Å². The molecule has 0 N–H and O–H groups in total. The van der Waals surface area contributed by atoms with Crippen molar-refractivity contribution in [1.82, 2.24) is 14.7 Å². The third kappa shape index (κ3) is 2.69. The smallest absolute Gasteiger partial charge is 0.297 e. The Morgan fingerprint density at radius 1 is 1.21 bits per heavy atom. The molecular weight excluding hydrogens is 401 g/mol. The maximum Gasteiger partial charge on any atom is 0.297 e. The number of carbonyl (C=O) groups is 4. The number of rotatable bonds is 2. The zero-order valence-electron chi connectivity index (χ0n) is 16.2. The molecule has 1 unspecified atom stereocenters. The van der Waals surface area contributed by atoms with E-state index in [0.717, 1.165) is 0 Å².